The molecule has 0 saturated carbocycles. The van der Waals surface area contributed by atoms with Crippen molar-refractivity contribution in [2.45, 2.75) is 11.7 Å². The number of tetrazole rings is 1. The monoisotopic (exact) mass is 319 g/mol. The van der Waals surface area contributed by atoms with Gasteiger partial charge in [-0.25, -0.2) is 17.8 Å². The van der Waals surface area contributed by atoms with Crippen LogP contribution in [0.2, 0.25) is 0 Å². The Hall–Kier alpha value is -0.970. The van der Waals surface area contributed by atoms with Crippen LogP contribution in [-0.4, -0.2) is 47.2 Å². The van der Waals surface area contributed by atoms with Crippen LogP contribution in [0, 0.1) is 0 Å². The smallest absolute Gasteiger partial charge is 0.209 e. The summed E-state index contributed by atoms with van der Waals surface area (Å²) in [4.78, 5) is 1.17. The maximum atomic E-state index is 10.9. The highest BCUT2D eigenvalue weighted by Gasteiger charge is 2.08. The Labute approximate surface area is 119 Å². The third-order valence-electron chi connectivity index (χ3n) is 2.08. The molecule has 2 rings (SSSR count). The second-order valence-corrected chi connectivity index (χ2v) is 7.64. The predicted octanol–water partition coefficient (Wildman–Crippen LogP) is 0.424. The molecule has 0 unspecified atom stereocenters. The minimum absolute atomic E-state index is 0.357. The molecule has 0 fully saturated rings. The normalized spacial score (nSPS) is 11.8. The first-order valence-electron chi connectivity index (χ1n) is 5.40. The Morgan fingerprint density at radius 1 is 1.53 bits per heavy atom. The van der Waals surface area contributed by atoms with Crippen LogP contribution < -0.4 is 4.72 Å². The Morgan fingerprint density at radius 3 is 3.05 bits per heavy atom. The zero-order valence-corrected chi connectivity index (χ0v) is 12.6. The molecule has 0 radical (unpaired) electrons. The van der Waals surface area contributed by atoms with Crippen LogP contribution in [-0.2, 0) is 16.6 Å². The number of nitrogens with one attached hydrogen (secondary N) is 1. The largest absolute Gasteiger partial charge is 0.215 e. The fourth-order valence-corrected chi connectivity index (χ4v) is 3.34. The van der Waals surface area contributed by atoms with E-state index in [1.54, 1.807) is 16.0 Å². The summed E-state index contributed by atoms with van der Waals surface area (Å²) < 4.78 is 25.9. The van der Waals surface area contributed by atoms with Gasteiger partial charge in [-0.1, -0.05) is 17.8 Å². The summed E-state index contributed by atoms with van der Waals surface area (Å²) in [6, 6.07) is 4.00. The first-order valence-corrected chi connectivity index (χ1v) is 9.16. The van der Waals surface area contributed by atoms with Gasteiger partial charge < -0.3 is 0 Å². The van der Waals surface area contributed by atoms with Crippen LogP contribution in [0.4, 0.5) is 0 Å². The topological polar surface area (TPSA) is 89.8 Å². The number of rotatable bonds is 7. The van der Waals surface area contributed by atoms with E-state index in [1.165, 1.54) is 16.6 Å². The number of thiophene rings is 1. The van der Waals surface area contributed by atoms with Gasteiger partial charge in [0.2, 0.25) is 15.2 Å². The molecule has 0 bridgehead atoms. The first-order chi connectivity index (χ1) is 9.04. The quantitative estimate of drug-likeness (QED) is 0.588. The van der Waals surface area contributed by atoms with E-state index in [9.17, 15) is 8.42 Å². The van der Waals surface area contributed by atoms with E-state index < -0.39 is 10.0 Å². The van der Waals surface area contributed by atoms with Crippen molar-refractivity contribution in [1.29, 1.82) is 0 Å². The van der Waals surface area contributed by atoms with Crippen LogP contribution in [0.3, 0.4) is 0 Å². The molecule has 0 amide bonds. The molecule has 2 heterocycles. The lowest BCUT2D eigenvalue weighted by Gasteiger charge is -2.03. The molecular formula is C9H13N5O2S3. The van der Waals surface area contributed by atoms with Gasteiger partial charge in [0.25, 0.3) is 0 Å². The lowest BCUT2D eigenvalue weighted by atomic mass is 10.5. The van der Waals surface area contributed by atoms with Crippen molar-refractivity contribution in [3.8, 4) is 0 Å². The molecule has 2 aromatic heterocycles. The zero-order chi connectivity index (χ0) is 13.7. The summed E-state index contributed by atoms with van der Waals surface area (Å²) in [5.74, 6) is 0.581. The van der Waals surface area contributed by atoms with Gasteiger partial charge in [0.15, 0.2) is 0 Å². The Bertz CT molecular complexity index is 608. The third-order valence-corrected chi connectivity index (χ3v) is 4.63. The minimum Gasteiger partial charge on any atom is -0.215 e. The van der Waals surface area contributed by atoms with Crippen LogP contribution in [0.5, 0.6) is 0 Å². The summed E-state index contributed by atoms with van der Waals surface area (Å²) in [6.45, 7) is 0.988. The van der Waals surface area contributed by atoms with E-state index in [1.807, 2.05) is 17.5 Å². The Morgan fingerprint density at radius 2 is 2.37 bits per heavy atom. The van der Waals surface area contributed by atoms with Gasteiger partial charge in [0, 0.05) is 17.2 Å². The second kappa shape index (κ2) is 6.46. The van der Waals surface area contributed by atoms with Crippen molar-refractivity contribution in [2.75, 3.05) is 18.6 Å². The first kappa shape index (κ1) is 14.4. The summed E-state index contributed by atoms with van der Waals surface area (Å²) >= 11 is 3.07. The second-order valence-electron chi connectivity index (χ2n) is 3.71. The number of hydrogen-bond donors (Lipinski definition) is 1. The predicted molar refractivity (Wildman–Crippen MR) is 74.8 cm³/mol. The molecule has 0 aliphatic rings. The summed E-state index contributed by atoms with van der Waals surface area (Å²) in [5.41, 5.74) is 0. The van der Waals surface area contributed by atoms with E-state index in [0.29, 0.717) is 24.0 Å². The Kier molecular flexibility index (Phi) is 4.91. The number of nitrogens with zero attached hydrogens (tertiary/aromatic N) is 4. The highest BCUT2D eigenvalue weighted by atomic mass is 32.2. The van der Waals surface area contributed by atoms with Crippen molar-refractivity contribution in [3.63, 3.8) is 0 Å². The average molecular weight is 319 g/mol. The standard InChI is InChI=1S/C9H13N5O2S3/c1-19(15,16)10-4-6-18-9-11-12-13-14(9)7-8-3-2-5-17-8/h2-3,5,10H,4,6-7H2,1H3. The number of hydrogen-bond acceptors (Lipinski definition) is 7. The highest BCUT2D eigenvalue weighted by Crippen LogP contribution is 2.16. The lowest BCUT2D eigenvalue weighted by molar-refractivity contribution is 0.590. The van der Waals surface area contributed by atoms with E-state index in [4.69, 9.17) is 0 Å². The van der Waals surface area contributed by atoms with Crippen molar-refractivity contribution in [1.82, 2.24) is 24.9 Å². The maximum absolute atomic E-state index is 10.9. The van der Waals surface area contributed by atoms with Gasteiger partial charge in [0.05, 0.1) is 12.8 Å². The van der Waals surface area contributed by atoms with Gasteiger partial charge in [-0.05, 0) is 21.9 Å². The zero-order valence-electron chi connectivity index (χ0n) is 10.2. The van der Waals surface area contributed by atoms with E-state index in [0.717, 1.165) is 6.26 Å². The van der Waals surface area contributed by atoms with E-state index >= 15 is 0 Å². The summed E-state index contributed by atoms with van der Waals surface area (Å²) in [5, 5.41) is 14.2. The molecule has 10 heteroatoms. The average Bonchev–Trinajstić information content (AvgIpc) is 2.96. The van der Waals surface area contributed by atoms with Gasteiger partial charge in [-0.3, -0.25) is 0 Å². The molecule has 7 nitrogen and oxygen atoms in total. The molecule has 2 aromatic rings. The lowest BCUT2D eigenvalue weighted by Crippen LogP contribution is -2.24. The van der Waals surface area contributed by atoms with E-state index in [2.05, 4.69) is 20.2 Å². The minimum atomic E-state index is -3.14. The molecule has 104 valence electrons. The van der Waals surface area contributed by atoms with Gasteiger partial charge in [-0.15, -0.1) is 16.4 Å². The SMILES string of the molecule is CS(=O)(=O)NCCSc1nnnn1Cc1cccs1. The molecule has 0 aromatic carbocycles. The number of thioether (sulfide) groups is 1. The highest BCUT2D eigenvalue weighted by molar-refractivity contribution is 7.99. The molecule has 0 spiro atoms. The van der Waals surface area contributed by atoms with Crippen molar-refractivity contribution in [3.05, 3.63) is 22.4 Å². The summed E-state index contributed by atoms with van der Waals surface area (Å²) in [7, 11) is -3.14. The molecule has 0 aliphatic carbocycles. The molecule has 1 N–H and O–H groups in total. The van der Waals surface area contributed by atoms with Crippen LogP contribution in [0.25, 0.3) is 0 Å². The van der Waals surface area contributed by atoms with Crippen LogP contribution in [0.15, 0.2) is 22.7 Å². The van der Waals surface area contributed by atoms with Crippen LogP contribution >= 0.6 is 23.1 Å². The fourth-order valence-electron chi connectivity index (χ4n) is 1.32. The number of aromatic nitrogens is 4. The van der Waals surface area contributed by atoms with E-state index in [-0.39, 0.29) is 0 Å². The van der Waals surface area contributed by atoms with Crippen LogP contribution in [0.1, 0.15) is 4.88 Å². The van der Waals surface area contributed by atoms with Crippen molar-refractivity contribution >= 4 is 33.1 Å². The molecular weight excluding hydrogens is 306 g/mol. The molecule has 0 aliphatic heterocycles. The van der Waals surface area contributed by atoms with Crippen molar-refractivity contribution < 1.29 is 8.42 Å². The fraction of sp³-hybridized carbons (Fsp3) is 0.444. The van der Waals surface area contributed by atoms with Gasteiger partial charge in [0.1, 0.15) is 0 Å². The number of sulfonamides is 1. The maximum Gasteiger partial charge on any atom is 0.209 e. The molecule has 19 heavy (non-hydrogen) atoms. The molecule has 0 atom stereocenters. The summed E-state index contributed by atoms with van der Waals surface area (Å²) in [6.07, 6.45) is 1.14. The third kappa shape index (κ3) is 4.90. The van der Waals surface area contributed by atoms with Crippen molar-refractivity contribution in [2.24, 2.45) is 0 Å². The van der Waals surface area contributed by atoms with Gasteiger partial charge >= 0.3 is 0 Å². The molecule has 0 saturated heterocycles. The Balaban J connectivity index is 1.86. The van der Waals surface area contributed by atoms with Gasteiger partial charge in [-0.2, -0.15) is 0 Å².